The number of aryl methyl sites for hydroxylation is 1. The topological polar surface area (TPSA) is 26.0 Å². The minimum atomic E-state index is 0.385. The maximum Gasteiger partial charge on any atom is 0.226 e. The molecule has 0 aliphatic heterocycles. The minimum absolute atomic E-state index is 0.385. The van der Waals surface area contributed by atoms with Gasteiger partial charge in [-0.2, -0.15) is 0 Å². The lowest BCUT2D eigenvalue weighted by Crippen LogP contribution is -1.82. The molecule has 0 fully saturated rings. The first-order valence-corrected chi connectivity index (χ1v) is 5.46. The molecule has 0 aliphatic rings. The highest BCUT2D eigenvalue weighted by Crippen LogP contribution is 2.19. The number of alkyl halides is 1. The lowest BCUT2D eigenvalue weighted by Gasteiger charge is -1.97. The lowest BCUT2D eigenvalue weighted by atomic mass is 10.1. The van der Waals surface area contributed by atoms with Crippen molar-refractivity contribution in [3.8, 4) is 11.5 Å². The van der Waals surface area contributed by atoms with Crippen LogP contribution >= 0.6 is 11.6 Å². The molecule has 1 aromatic carbocycles. The highest BCUT2D eigenvalue weighted by molar-refractivity contribution is 6.16. The number of nitrogens with zero attached hydrogens (tertiary/aromatic N) is 1. The summed E-state index contributed by atoms with van der Waals surface area (Å²) in [6.45, 7) is 2.13. The fourth-order valence-corrected chi connectivity index (χ4v) is 1.51. The van der Waals surface area contributed by atoms with E-state index >= 15 is 0 Å². The van der Waals surface area contributed by atoms with Crippen LogP contribution in [-0.2, 0) is 12.3 Å². The van der Waals surface area contributed by atoms with Crippen LogP contribution in [-0.4, -0.2) is 4.98 Å². The molecule has 2 aromatic rings. The van der Waals surface area contributed by atoms with Crippen molar-refractivity contribution in [1.29, 1.82) is 0 Å². The Morgan fingerprint density at radius 3 is 2.53 bits per heavy atom. The number of oxazole rings is 1. The van der Waals surface area contributed by atoms with Gasteiger partial charge in [0.05, 0.1) is 11.6 Å². The van der Waals surface area contributed by atoms with E-state index in [0.717, 1.165) is 17.7 Å². The maximum absolute atomic E-state index is 5.65. The first kappa shape index (κ1) is 10.2. The van der Waals surface area contributed by atoms with Crippen LogP contribution in [0, 0.1) is 0 Å². The van der Waals surface area contributed by atoms with E-state index in [1.165, 1.54) is 5.56 Å². The Labute approximate surface area is 93.9 Å². The van der Waals surface area contributed by atoms with Crippen molar-refractivity contribution < 1.29 is 4.42 Å². The lowest BCUT2D eigenvalue weighted by molar-refractivity contribution is 0.573. The average molecular weight is 222 g/mol. The van der Waals surface area contributed by atoms with E-state index in [1.807, 2.05) is 12.1 Å². The van der Waals surface area contributed by atoms with Gasteiger partial charge < -0.3 is 4.42 Å². The van der Waals surface area contributed by atoms with Gasteiger partial charge >= 0.3 is 0 Å². The molecule has 2 rings (SSSR count). The van der Waals surface area contributed by atoms with Crippen LogP contribution < -0.4 is 0 Å². The third-order valence-electron chi connectivity index (χ3n) is 2.30. The summed E-state index contributed by atoms with van der Waals surface area (Å²) in [6, 6.07) is 8.20. The molecule has 3 heteroatoms. The molecule has 0 unspecified atom stereocenters. The van der Waals surface area contributed by atoms with Crippen LogP contribution in [0.15, 0.2) is 34.9 Å². The molecule has 0 saturated heterocycles. The van der Waals surface area contributed by atoms with E-state index in [2.05, 4.69) is 24.0 Å². The van der Waals surface area contributed by atoms with Crippen molar-refractivity contribution in [2.45, 2.75) is 19.2 Å². The Kier molecular flexibility index (Phi) is 3.07. The van der Waals surface area contributed by atoms with Crippen LogP contribution in [0.4, 0.5) is 0 Å². The molecular weight excluding hydrogens is 210 g/mol. The summed E-state index contributed by atoms with van der Waals surface area (Å²) in [4.78, 5) is 4.26. The van der Waals surface area contributed by atoms with Gasteiger partial charge in [-0.3, -0.25) is 0 Å². The zero-order chi connectivity index (χ0) is 10.7. The number of aromatic nitrogens is 1. The van der Waals surface area contributed by atoms with E-state index in [0.29, 0.717) is 11.8 Å². The summed E-state index contributed by atoms with van der Waals surface area (Å²) in [5, 5.41) is 0. The minimum Gasteiger partial charge on any atom is -0.444 e. The van der Waals surface area contributed by atoms with Crippen molar-refractivity contribution in [2.24, 2.45) is 0 Å². The summed E-state index contributed by atoms with van der Waals surface area (Å²) in [6.07, 6.45) is 2.63. The summed E-state index contributed by atoms with van der Waals surface area (Å²) in [7, 11) is 0. The predicted octanol–water partition coefficient (Wildman–Crippen LogP) is 3.64. The van der Waals surface area contributed by atoms with Gasteiger partial charge in [0.1, 0.15) is 6.26 Å². The molecule has 0 radical (unpaired) electrons. The molecule has 0 aliphatic carbocycles. The molecule has 0 atom stereocenters. The molecule has 1 aromatic heterocycles. The quantitative estimate of drug-likeness (QED) is 0.740. The molecule has 0 saturated carbocycles. The Morgan fingerprint density at radius 1 is 1.27 bits per heavy atom. The molecule has 0 bridgehead atoms. The van der Waals surface area contributed by atoms with Gasteiger partial charge in [0.25, 0.3) is 0 Å². The maximum atomic E-state index is 5.65. The number of benzene rings is 1. The number of rotatable bonds is 3. The molecule has 0 N–H and O–H groups in total. The van der Waals surface area contributed by atoms with Gasteiger partial charge in [0.15, 0.2) is 0 Å². The fraction of sp³-hybridized carbons (Fsp3) is 0.250. The number of hydrogen-bond donors (Lipinski definition) is 0. The van der Waals surface area contributed by atoms with Crippen LogP contribution in [0.2, 0.25) is 0 Å². The third kappa shape index (κ3) is 2.21. The van der Waals surface area contributed by atoms with Gasteiger partial charge in [-0.25, -0.2) is 4.98 Å². The third-order valence-corrected chi connectivity index (χ3v) is 2.57. The van der Waals surface area contributed by atoms with E-state index in [1.54, 1.807) is 6.26 Å². The highest BCUT2D eigenvalue weighted by Gasteiger charge is 2.05. The van der Waals surface area contributed by atoms with Crippen molar-refractivity contribution in [3.63, 3.8) is 0 Å². The monoisotopic (exact) mass is 221 g/mol. The average Bonchev–Trinajstić information content (AvgIpc) is 2.78. The van der Waals surface area contributed by atoms with Crippen molar-refractivity contribution in [2.75, 3.05) is 0 Å². The van der Waals surface area contributed by atoms with Crippen LogP contribution in [0.25, 0.3) is 11.5 Å². The standard InChI is InChI=1S/C12H12ClNO/c1-2-9-3-5-10(6-4-9)12-14-11(7-13)8-15-12/h3-6,8H,2,7H2,1H3. The van der Waals surface area contributed by atoms with Crippen LogP contribution in [0.3, 0.4) is 0 Å². The Balaban J connectivity index is 2.28. The Hall–Kier alpha value is -1.28. The van der Waals surface area contributed by atoms with E-state index in [-0.39, 0.29) is 0 Å². The molecule has 15 heavy (non-hydrogen) atoms. The summed E-state index contributed by atoms with van der Waals surface area (Å²) in [5.41, 5.74) is 3.07. The van der Waals surface area contributed by atoms with Crippen molar-refractivity contribution in [3.05, 3.63) is 41.8 Å². The first-order chi connectivity index (χ1) is 7.33. The van der Waals surface area contributed by atoms with Gasteiger partial charge in [-0.1, -0.05) is 19.1 Å². The van der Waals surface area contributed by atoms with Crippen LogP contribution in [0.1, 0.15) is 18.2 Å². The molecule has 1 heterocycles. The summed E-state index contributed by atoms with van der Waals surface area (Å²) < 4.78 is 5.32. The van der Waals surface area contributed by atoms with Gasteiger partial charge in [-0.05, 0) is 24.1 Å². The number of hydrogen-bond acceptors (Lipinski definition) is 2. The van der Waals surface area contributed by atoms with Gasteiger partial charge in [-0.15, -0.1) is 11.6 Å². The molecule has 78 valence electrons. The summed E-state index contributed by atoms with van der Waals surface area (Å²) in [5.74, 6) is 1.02. The van der Waals surface area contributed by atoms with E-state index in [4.69, 9.17) is 16.0 Å². The molecular formula is C12H12ClNO. The van der Waals surface area contributed by atoms with Crippen molar-refractivity contribution in [1.82, 2.24) is 4.98 Å². The molecule has 2 nitrogen and oxygen atoms in total. The zero-order valence-corrected chi connectivity index (χ0v) is 9.29. The van der Waals surface area contributed by atoms with E-state index in [9.17, 15) is 0 Å². The predicted molar refractivity (Wildman–Crippen MR) is 60.9 cm³/mol. The Bertz CT molecular complexity index is 433. The summed E-state index contributed by atoms with van der Waals surface area (Å²) >= 11 is 5.65. The fourth-order valence-electron chi connectivity index (χ4n) is 1.38. The number of halogens is 1. The van der Waals surface area contributed by atoms with Crippen LogP contribution in [0.5, 0.6) is 0 Å². The molecule has 0 amide bonds. The Morgan fingerprint density at radius 2 is 2.00 bits per heavy atom. The second-order valence-corrected chi connectivity index (χ2v) is 3.60. The first-order valence-electron chi connectivity index (χ1n) is 4.93. The second-order valence-electron chi connectivity index (χ2n) is 3.33. The normalized spacial score (nSPS) is 10.5. The largest absolute Gasteiger partial charge is 0.444 e. The second kappa shape index (κ2) is 4.49. The smallest absolute Gasteiger partial charge is 0.226 e. The highest BCUT2D eigenvalue weighted by atomic mass is 35.5. The van der Waals surface area contributed by atoms with Gasteiger partial charge in [0, 0.05) is 5.56 Å². The van der Waals surface area contributed by atoms with E-state index < -0.39 is 0 Å². The van der Waals surface area contributed by atoms with Gasteiger partial charge in [0.2, 0.25) is 5.89 Å². The zero-order valence-electron chi connectivity index (χ0n) is 8.53. The van der Waals surface area contributed by atoms with Crippen molar-refractivity contribution >= 4 is 11.6 Å². The SMILES string of the molecule is CCc1ccc(-c2nc(CCl)co2)cc1. The molecule has 0 spiro atoms.